The van der Waals surface area contributed by atoms with E-state index in [1.165, 1.54) is 6.20 Å². The molecule has 0 amide bonds. The molecular weight excluding hydrogens is 122 g/mol. The van der Waals surface area contributed by atoms with Crippen LogP contribution in [0.4, 0.5) is 0 Å². The smallest absolute Gasteiger partial charge is 0.0219 e. The van der Waals surface area contributed by atoms with Crippen molar-refractivity contribution in [1.82, 2.24) is 0 Å². The fraction of sp³-hybridized carbons (Fsp3) is 0.333. The van der Waals surface area contributed by atoms with Crippen molar-refractivity contribution in [2.75, 3.05) is 0 Å². The fourth-order valence-electron chi connectivity index (χ4n) is 0.629. The summed E-state index contributed by atoms with van der Waals surface area (Å²) >= 11 is 0. The zero-order valence-electron chi connectivity index (χ0n) is 6.52. The largest absolute Gasteiger partial charge is 0.405 e. The van der Waals surface area contributed by atoms with E-state index >= 15 is 0 Å². The van der Waals surface area contributed by atoms with Crippen molar-refractivity contribution in [2.24, 2.45) is 5.73 Å². The molecule has 0 saturated carbocycles. The Labute approximate surface area is 62.6 Å². The summed E-state index contributed by atoms with van der Waals surface area (Å²) < 4.78 is 0. The molecule has 0 bridgehead atoms. The van der Waals surface area contributed by atoms with Gasteiger partial charge >= 0.3 is 0 Å². The normalized spacial score (nSPS) is 11.2. The molecule has 10 heavy (non-hydrogen) atoms. The summed E-state index contributed by atoms with van der Waals surface area (Å²) in [5, 5.41) is 0. The van der Waals surface area contributed by atoms with Gasteiger partial charge < -0.3 is 5.73 Å². The van der Waals surface area contributed by atoms with E-state index in [0.29, 0.717) is 0 Å². The van der Waals surface area contributed by atoms with Crippen LogP contribution in [0.5, 0.6) is 0 Å². The molecule has 2 N–H and O–H groups in total. The third kappa shape index (κ3) is 3.80. The lowest BCUT2D eigenvalue weighted by Gasteiger charge is -1.86. The molecule has 0 rings (SSSR count). The summed E-state index contributed by atoms with van der Waals surface area (Å²) in [6.07, 6.45) is 6.35. The highest BCUT2D eigenvalue weighted by Crippen LogP contribution is 1.95. The van der Waals surface area contributed by atoms with E-state index in [4.69, 9.17) is 5.73 Å². The lowest BCUT2D eigenvalue weighted by molar-refractivity contribution is 1.21. The fourth-order valence-corrected chi connectivity index (χ4v) is 0.629. The average molecular weight is 135 g/mol. The van der Waals surface area contributed by atoms with E-state index in [-0.39, 0.29) is 0 Å². The number of nitrogens with two attached hydrogens (primary N) is 1. The second-order valence-corrected chi connectivity index (χ2v) is 1.80. The molecule has 0 aliphatic rings. The molecule has 0 saturated heterocycles. The molecule has 0 spiro atoms. The van der Waals surface area contributed by atoms with Gasteiger partial charge in [0.15, 0.2) is 0 Å². The molecule has 54 valence electrons. The van der Waals surface area contributed by atoms with Crippen LogP contribution in [0, 0.1) is 11.8 Å². The molecule has 0 atom stereocenters. The van der Waals surface area contributed by atoms with Crippen molar-refractivity contribution >= 4 is 0 Å². The summed E-state index contributed by atoms with van der Waals surface area (Å²) in [6.45, 7) is 3.88. The van der Waals surface area contributed by atoms with Gasteiger partial charge in [0, 0.05) is 5.57 Å². The van der Waals surface area contributed by atoms with Crippen molar-refractivity contribution < 1.29 is 0 Å². The first kappa shape index (κ1) is 8.84. The first-order valence-corrected chi connectivity index (χ1v) is 3.36. The Bertz CT molecular complexity index is 189. The Hall–Kier alpha value is -1.16. The van der Waals surface area contributed by atoms with Crippen LogP contribution in [-0.4, -0.2) is 0 Å². The van der Waals surface area contributed by atoms with Crippen LogP contribution in [0.1, 0.15) is 20.3 Å². The first-order valence-electron chi connectivity index (χ1n) is 3.36. The van der Waals surface area contributed by atoms with E-state index in [1.807, 2.05) is 13.0 Å². The molecule has 0 aliphatic heterocycles. The number of rotatable bonds is 2. The zero-order chi connectivity index (χ0) is 7.82. The second-order valence-electron chi connectivity index (χ2n) is 1.80. The van der Waals surface area contributed by atoms with Crippen LogP contribution >= 0.6 is 0 Å². The molecular formula is C9H13N. The molecule has 1 heteroatoms. The maximum absolute atomic E-state index is 5.20. The van der Waals surface area contributed by atoms with Gasteiger partial charge in [-0.25, -0.2) is 0 Å². The Balaban J connectivity index is 4.21. The van der Waals surface area contributed by atoms with Gasteiger partial charge in [0.2, 0.25) is 0 Å². The molecule has 0 radical (unpaired) electrons. The quantitative estimate of drug-likeness (QED) is 0.453. The van der Waals surface area contributed by atoms with Crippen molar-refractivity contribution in [2.45, 2.75) is 20.3 Å². The third-order valence-corrected chi connectivity index (χ3v) is 0.969. The monoisotopic (exact) mass is 135 g/mol. The zero-order valence-corrected chi connectivity index (χ0v) is 6.52. The lowest BCUT2D eigenvalue weighted by atomic mass is 10.2. The highest BCUT2D eigenvalue weighted by molar-refractivity contribution is 5.37. The maximum atomic E-state index is 5.20. The van der Waals surface area contributed by atoms with Crippen molar-refractivity contribution in [3.8, 4) is 11.8 Å². The average Bonchev–Trinajstić information content (AvgIpc) is 1.90. The van der Waals surface area contributed by atoms with Crippen molar-refractivity contribution in [1.29, 1.82) is 0 Å². The first-order chi connectivity index (χ1) is 4.85. The Morgan fingerprint density at radius 3 is 2.70 bits per heavy atom. The Kier molecular flexibility index (Phi) is 5.28. The summed E-state index contributed by atoms with van der Waals surface area (Å²) in [5.41, 5.74) is 6.19. The maximum Gasteiger partial charge on any atom is 0.0219 e. The Morgan fingerprint density at radius 2 is 2.30 bits per heavy atom. The predicted octanol–water partition coefficient (Wildman–Crippen LogP) is 1.82. The van der Waals surface area contributed by atoms with Crippen LogP contribution in [0.2, 0.25) is 0 Å². The SMILES string of the molecule is CC#CC(/C=C\N)=C/CC. The summed E-state index contributed by atoms with van der Waals surface area (Å²) in [6, 6.07) is 0. The van der Waals surface area contributed by atoms with Gasteiger partial charge in [-0.1, -0.05) is 18.9 Å². The van der Waals surface area contributed by atoms with Gasteiger partial charge in [-0.05, 0) is 25.6 Å². The van der Waals surface area contributed by atoms with Gasteiger partial charge in [-0.2, -0.15) is 0 Å². The van der Waals surface area contributed by atoms with E-state index < -0.39 is 0 Å². The number of hydrogen-bond donors (Lipinski definition) is 1. The molecule has 0 heterocycles. The summed E-state index contributed by atoms with van der Waals surface area (Å²) in [7, 11) is 0. The minimum absolute atomic E-state index is 0.993. The number of allylic oxidation sites excluding steroid dienone is 3. The van der Waals surface area contributed by atoms with Crippen LogP contribution < -0.4 is 5.73 Å². The molecule has 0 aromatic carbocycles. The van der Waals surface area contributed by atoms with E-state index in [1.54, 1.807) is 6.08 Å². The topological polar surface area (TPSA) is 26.0 Å². The highest BCUT2D eigenvalue weighted by atomic mass is 14.5. The number of hydrogen-bond acceptors (Lipinski definition) is 1. The third-order valence-electron chi connectivity index (χ3n) is 0.969. The van der Waals surface area contributed by atoms with E-state index in [0.717, 1.165) is 12.0 Å². The highest BCUT2D eigenvalue weighted by Gasteiger charge is 1.80. The summed E-state index contributed by atoms with van der Waals surface area (Å²) in [5.74, 6) is 5.74. The van der Waals surface area contributed by atoms with Gasteiger partial charge in [0.05, 0.1) is 0 Å². The second kappa shape index (κ2) is 5.97. The molecule has 0 aromatic heterocycles. The molecule has 1 nitrogen and oxygen atoms in total. The molecule has 0 fully saturated rings. The standard InChI is InChI=1S/C9H13N/c1-3-5-9(6-4-2)7-8-10/h5,7-8H,3,10H2,1-2H3/b8-7-,9-5-. The summed E-state index contributed by atoms with van der Waals surface area (Å²) in [4.78, 5) is 0. The predicted molar refractivity (Wildman–Crippen MR) is 45.2 cm³/mol. The van der Waals surface area contributed by atoms with Crippen LogP contribution in [-0.2, 0) is 0 Å². The Morgan fingerprint density at radius 1 is 1.60 bits per heavy atom. The minimum Gasteiger partial charge on any atom is -0.405 e. The van der Waals surface area contributed by atoms with Gasteiger partial charge in [-0.15, -0.1) is 5.92 Å². The van der Waals surface area contributed by atoms with Crippen LogP contribution in [0.15, 0.2) is 23.9 Å². The molecule has 0 unspecified atom stereocenters. The van der Waals surface area contributed by atoms with E-state index in [2.05, 4.69) is 18.8 Å². The lowest BCUT2D eigenvalue weighted by Crippen LogP contribution is -1.78. The van der Waals surface area contributed by atoms with E-state index in [9.17, 15) is 0 Å². The van der Waals surface area contributed by atoms with Gasteiger partial charge in [0.25, 0.3) is 0 Å². The molecule has 0 aromatic rings. The minimum atomic E-state index is 0.993. The van der Waals surface area contributed by atoms with Gasteiger partial charge in [0.1, 0.15) is 0 Å². The molecule has 0 aliphatic carbocycles. The van der Waals surface area contributed by atoms with Crippen LogP contribution in [0.25, 0.3) is 0 Å². The van der Waals surface area contributed by atoms with Crippen LogP contribution in [0.3, 0.4) is 0 Å². The van der Waals surface area contributed by atoms with Crippen molar-refractivity contribution in [3.63, 3.8) is 0 Å². The van der Waals surface area contributed by atoms with Gasteiger partial charge in [-0.3, -0.25) is 0 Å². The van der Waals surface area contributed by atoms with Crippen molar-refractivity contribution in [3.05, 3.63) is 23.9 Å².